The predicted molar refractivity (Wildman–Crippen MR) is 171 cm³/mol. The van der Waals surface area contributed by atoms with Crippen molar-refractivity contribution in [2.24, 2.45) is 5.92 Å². The van der Waals surface area contributed by atoms with Crippen LogP contribution in [0.3, 0.4) is 0 Å². The van der Waals surface area contributed by atoms with Crippen LogP contribution in [-0.4, -0.2) is 46.8 Å². The molecule has 0 bridgehead atoms. The molecular weight excluding hydrogens is 552 g/mol. The molecule has 0 spiro atoms. The number of carbonyl (C=O) groups is 1. The van der Waals surface area contributed by atoms with Gasteiger partial charge in [-0.15, -0.1) is 0 Å². The fourth-order valence-corrected chi connectivity index (χ4v) is 5.61. The van der Waals surface area contributed by atoms with Gasteiger partial charge in [-0.1, -0.05) is 104 Å². The number of nitrogens with zero attached hydrogens (tertiary/aromatic N) is 1. The molecule has 6 atom stereocenters. The summed E-state index contributed by atoms with van der Waals surface area (Å²) in [4.78, 5) is 14.6. The molecule has 3 N–H and O–H groups in total. The van der Waals surface area contributed by atoms with Crippen molar-refractivity contribution in [3.8, 4) is 0 Å². The van der Waals surface area contributed by atoms with Gasteiger partial charge < -0.3 is 25.0 Å². The SMILES string of the molecule is C[C@H]1[C@@H](CN(C)[C@@H](C)[C@H](O)c2ccccc2)O[C@@H](c2ccc(CNC(=O)c3ccccc3)cc2)O[C@H]1c1ccc(CO)cc1. The minimum absolute atomic E-state index is 0.0136. The first-order valence-corrected chi connectivity index (χ1v) is 15.2. The van der Waals surface area contributed by atoms with E-state index in [1.165, 1.54) is 0 Å². The van der Waals surface area contributed by atoms with Crippen molar-refractivity contribution in [3.63, 3.8) is 0 Å². The van der Waals surface area contributed by atoms with Crippen LogP contribution in [0.4, 0.5) is 0 Å². The van der Waals surface area contributed by atoms with Crippen LogP contribution >= 0.6 is 0 Å². The Morgan fingerprint density at radius 2 is 1.43 bits per heavy atom. The van der Waals surface area contributed by atoms with Crippen molar-refractivity contribution in [3.05, 3.63) is 143 Å². The molecule has 0 aliphatic carbocycles. The van der Waals surface area contributed by atoms with E-state index in [0.717, 1.165) is 27.8 Å². The normalized spacial score (nSPS) is 21.5. The van der Waals surface area contributed by atoms with E-state index in [9.17, 15) is 15.0 Å². The predicted octanol–water partition coefficient (Wildman–Crippen LogP) is 5.95. The van der Waals surface area contributed by atoms with Gasteiger partial charge in [0, 0.05) is 36.2 Å². The Morgan fingerprint density at radius 1 is 0.841 bits per heavy atom. The molecule has 7 nitrogen and oxygen atoms in total. The minimum Gasteiger partial charge on any atom is -0.392 e. The molecule has 1 fully saturated rings. The van der Waals surface area contributed by atoms with E-state index >= 15 is 0 Å². The highest BCUT2D eigenvalue weighted by atomic mass is 16.7. The summed E-state index contributed by atoms with van der Waals surface area (Å²) in [6.07, 6.45) is -1.66. The highest BCUT2D eigenvalue weighted by Crippen LogP contribution is 2.42. The van der Waals surface area contributed by atoms with E-state index in [4.69, 9.17) is 9.47 Å². The summed E-state index contributed by atoms with van der Waals surface area (Å²) in [5.74, 6) is -0.0986. The molecule has 4 aromatic rings. The Labute approximate surface area is 260 Å². The van der Waals surface area contributed by atoms with E-state index in [2.05, 4.69) is 17.1 Å². The third-order valence-corrected chi connectivity index (χ3v) is 8.63. The number of benzene rings is 4. The van der Waals surface area contributed by atoms with Gasteiger partial charge in [-0.3, -0.25) is 9.69 Å². The van der Waals surface area contributed by atoms with Crippen LogP contribution in [0.2, 0.25) is 0 Å². The molecule has 0 aromatic heterocycles. The number of nitrogens with one attached hydrogen (secondary N) is 1. The smallest absolute Gasteiger partial charge is 0.251 e. The second-order valence-corrected chi connectivity index (χ2v) is 11.6. The highest BCUT2D eigenvalue weighted by molar-refractivity contribution is 5.94. The maximum absolute atomic E-state index is 12.5. The molecule has 0 unspecified atom stereocenters. The van der Waals surface area contributed by atoms with E-state index in [-0.39, 0.29) is 36.7 Å². The molecule has 0 radical (unpaired) electrons. The Morgan fingerprint density at radius 3 is 2.07 bits per heavy atom. The Hall–Kier alpha value is -3.85. The molecular formula is C37H42N2O5. The van der Waals surface area contributed by atoms with Crippen LogP contribution in [-0.2, 0) is 22.6 Å². The minimum atomic E-state index is -0.635. The maximum Gasteiger partial charge on any atom is 0.251 e. The van der Waals surface area contributed by atoms with E-state index in [0.29, 0.717) is 18.7 Å². The average Bonchev–Trinajstić information content (AvgIpc) is 3.08. The van der Waals surface area contributed by atoms with Gasteiger partial charge in [0.05, 0.1) is 24.9 Å². The molecule has 1 aliphatic heterocycles. The van der Waals surface area contributed by atoms with Gasteiger partial charge in [-0.05, 0) is 48.4 Å². The van der Waals surface area contributed by atoms with Gasteiger partial charge in [0.2, 0.25) is 0 Å². The fraction of sp³-hybridized carbons (Fsp3) is 0.324. The number of likely N-dealkylation sites (N-methyl/N-ethyl adjacent to an activating group) is 1. The van der Waals surface area contributed by atoms with Gasteiger partial charge >= 0.3 is 0 Å². The molecule has 1 heterocycles. The van der Waals surface area contributed by atoms with Gasteiger partial charge in [0.15, 0.2) is 6.29 Å². The number of aliphatic hydroxyl groups excluding tert-OH is 2. The third kappa shape index (κ3) is 7.62. The lowest BCUT2D eigenvalue weighted by molar-refractivity contribution is -0.276. The lowest BCUT2D eigenvalue weighted by Gasteiger charge is -2.43. The second kappa shape index (κ2) is 14.8. The summed E-state index contributed by atoms with van der Waals surface area (Å²) in [5.41, 5.74) is 5.23. The number of aliphatic hydroxyl groups is 2. The largest absolute Gasteiger partial charge is 0.392 e. The average molecular weight is 595 g/mol. The first-order chi connectivity index (χ1) is 21.3. The highest BCUT2D eigenvalue weighted by Gasteiger charge is 2.39. The fourth-order valence-electron chi connectivity index (χ4n) is 5.61. The summed E-state index contributed by atoms with van der Waals surface area (Å²) in [6.45, 7) is 5.16. The Bertz CT molecular complexity index is 1460. The monoisotopic (exact) mass is 594 g/mol. The maximum atomic E-state index is 12.5. The lowest BCUT2D eigenvalue weighted by Crippen LogP contribution is -2.46. The number of amides is 1. The van der Waals surface area contributed by atoms with Crippen molar-refractivity contribution < 1.29 is 24.5 Å². The number of ether oxygens (including phenoxy) is 2. The molecule has 7 heteroatoms. The zero-order valence-corrected chi connectivity index (χ0v) is 25.5. The molecule has 0 saturated carbocycles. The van der Waals surface area contributed by atoms with Crippen LogP contribution in [0.1, 0.15) is 70.5 Å². The molecule has 4 aromatic carbocycles. The van der Waals surface area contributed by atoms with Crippen molar-refractivity contribution in [1.29, 1.82) is 0 Å². The summed E-state index contributed by atoms with van der Waals surface area (Å²) in [5, 5.41) is 23.6. The second-order valence-electron chi connectivity index (χ2n) is 11.6. The van der Waals surface area contributed by atoms with Crippen LogP contribution in [0.15, 0.2) is 109 Å². The van der Waals surface area contributed by atoms with Gasteiger partial charge in [-0.25, -0.2) is 0 Å². The standard InChI is InChI=1S/C37H42N2O5/c1-25-33(23-39(3)26(2)34(41)29-10-6-4-7-11-29)43-37(44-35(25)30-18-16-28(24-40)17-19-30)32-20-14-27(15-21-32)22-38-36(42)31-12-8-5-9-13-31/h4-21,25-26,33-35,37,40-41H,22-24H2,1-3H3,(H,38,42)/t25-,26-,33+,34-,35+,37+/m0/s1. The van der Waals surface area contributed by atoms with E-state index in [1.54, 1.807) is 12.1 Å². The number of hydrogen-bond donors (Lipinski definition) is 3. The van der Waals surface area contributed by atoms with Gasteiger partial charge in [0.1, 0.15) is 0 Å². The first-order valence-electron chi connectivity index (χ1n) is 15.2. The molecule has 1 amide bonds. The summed E-state index contributed by atoms with van der Waals surface area (Å²) in [6, 6.07) is 34.6. The van der Waals surface area contributed by atoms with Crippen LogP contribution in [0.5, 0.6) is 0 Å². The Kier molecular flexibility index (Phi) is 10.6. The van der Waals surface area contributed by atoms with Crippen LogP contribution in [0, 0.1) is 5.92 Å². The Balaban J connectivity index is 1.31. The zero-order valence-electron chi connectivity index (χ0n) is 25.5. The number of hydrogen-bond acceptors (Lipinski definition) is 6. The lowest BCUT2D eigenvalue weighted by atomic mass is 9.89. The molecule has 5 rings (SSSR count). The van der Waals surface area contributed by atoms with E-state index in [1.807, 2.05) is 111 Å². The van der Waals surface area contributed by atoms with Crippen molar-refractivity contribution >= 4 is 5.91 Å². The van der Waals surface area contributed by atoms with Crippen LogP contribution in [0.25, 0.3) is 0 Å². The van der Waals surface area contributed by atoms with Gasteiger partial charge in [0.25, 0.3) is 5.91 Å². The summed E-state index contributed by atoms with van der Waals surface area (Å²) in [7, 11) is 2.01. The summed E-state index contributed by atoms with van der Waals surface area (Å²) < 4.78 is 13.2. The molecule has 44 heavy (non-hydrogen) atoms. The number of rotatable bonds is 11. The van der Waals surface area contributed by atoms with Crippen molar-refractivity contribution in [2.75, 3.05) is 13.6 Å². The molecule has 230 valence electrons. The van der Waals surface area contributed by atoms with E-state index < -0.39 is 12.4 Å². The topological polar surface area (TPSA) is 91.3 Å². The number of carbonyl (C=O) groups excluding carboxylic acids is 1. The quantitative estimate of drug-likeness (QED) is 0.199. The van der Waals surface area contributed by atoms with Crippen molar-refractivity contribution in [2.45, 2.75) is 57.6 Å². The van der Waals surface area contributed by atoms with Gasteiger partial charge in [-0.2, -0.15) is 0 Å². The first kappa shape index (κ1) is 31.6. The molecule has 1 aliphatic rings. The third-order valence-electron chi connectivity index (χ3n) is 8.63. The summed E-state index contributed by atoms with van der Waals surface area (Å²) >= 11 is 0. The van der Waals surface area contributed by atoms with Crippen molar-refractivity contribution in [1.82, 2.24) is 10.2 Å². The van der Waals surface area contributed by atoms with Crippen LogP contribution < -0.4 is 5.32 Å². The zero-order chi connectivity index (χ0) is 31.1. The molecule has 1 saturated heterocycles.